The number of nitrogens with one attached hydrogen (secondary N) is 2. The SMILES string of the molecule is O=C(Cc1cc2ccccc2[nH]c1=O)Nc1ccc(Cl)c(S(=O)(=O)N2CCCC2)c1. The van der Waals surface area contributed by atoms with Crippen LogP contribution in [0.5, 0.6) is 0 Å². The summed E-state index contributed by atoms with van der Waals surface area (Å²) in [4.78, 5) is 27.5. The fourth-order valence-electron chi connectivity index (χ4n) is 3.55. The van der Waals surface area contributed by atoms with Crippen LogP contribution < -0.4 is 10.9 Å². The van der Waals surface area contributed by atoms with Crippen LogP contribution in [0.1, 0.15) is 18.4 Å². The van der Waals surface area contributed by atoms with E-state index in [4.69, 9.17) is 11.6 Å². The van der Waals surface area contributed by atoms with E-state index >= 15 is 0 Å². The number of carbonyl (C=O) groups excluding carboxylic acids is 1. The number of benzene rings is 2. The van der Waals surface area contributed by atoms with Gasteiger partial charge in [0.2, 0.25) is 15.9 Å². The molecule has 1 aliphatic heterocycles. The summed E-state index contributed by atoms with van der Waals surface area (Å²) in [6.45, 7) is 0.917. The maximum absolute atomic E-state index is 12.8. The Bertz CT molecular complexity index is 1280. The highest BCUT2D eigenvalue weighted by Crippen LogP contribution is 2.29. The molecule has 2 aromatic carbocycles. The number of aromatic nitrogens is 1. The standard InChI is InChI=1S/C21H20ClN3O4S/c22-17-8-7-16(13-19(17)30(28,29)25-9-3-4-10-25)23-20(26)12-15-11-14-5-1-2-6-18(14)24-21(15)27/h1-2,5-8,11,13H,3-4,9-10,12H2,(H,23,26)(H,24,27). The quantitative estimate of drug-likeness (QED) is 0.630. The van der Waals surface area contributed by atoms with Gasteiger partial charge in [0.05, 0.1) is 11.4 Å². The normalized spacial score (nSPS) is 14.8. The van der Waals surface area contributed by atoms with Gasteiger partial charge in [-0.1, -0.05) is 29.8 Å². The Morgan fingerprint density at radius 3 is 2.60 bits per heavy atom. The van der Waals surface area contributed by atoms with Crippen LogP contribution in [0.15, 0.2) is 58.2 Å². The van der Waals surface area contributed by atoms with E-state index in [0.717, 1.165) is 18.2 Å². The van der Waals surface area contributed by atoms with Gasteiger partial charge in [-0.25, -0.2) is 8.42 Å². The Morgan fingerprint density at radius 1 is 1.10 bits per heavy atom. The number of H-pyrrole nitrogens is 1. The summed E-state index contributed by atoms with van der Waals surface area (Å²) in [7, 11) is -3.72. The average Bonchev–Trinajstić information content (AvgIpc) is 3.26. The van der Waals surface area contributed by atoms with Crippen molar-refractivity contribution in [2.45, 2.75) is 24.2 Å². The lowest BCUT2D eigenvalue weighted by Crippen LogP contribution is -2.28. The minimum absolute atomic E-state index is 0.0348. The molecule has 0 aliphatic carbocycles. The lowest BCUT2D eigenvalue weighted by molar-refractivity contribution is -0.115. The highest BCUT2D eigenvalue weighted by molar-refractivity contribution is 7.89. The van der Waals surface area contributed by atoms with E-state index in [1.54, 1.807) is 12.1 Å². The van der Waals surface area contributed by atoms with Gasteiger partial charge in [-0.15, -0.1) is 0 Å². The molecular weight excluding hydrogens is 426 g/mol. The molecule has 1 aromatic heterocycles. The maximum atomic E-state index is 12.8. The molecule has 0 bridgehead atoms. The first-order valence-corrected chi connectivity index (χ1v) is 11.4. The molecule has 0 saturated carbocycles. The Labute approximate surface area is 178 Å². The number of amides is 1. The zero-order valence-electron chi connectivity index (χ0n) is 16.0. The molecular formula is C21H20ClN3O4S. The lowest BCUT2D eigenvalue weighted by Gasteiger charge is -2.17. The summed E-state index contributed by atoms with van der Waals surface area (Å²) in [6.07, 6.45) is 1.48. The third kappa shape index (κ3) is 4.12. The van der Waals surface area contributed by atoms with Gasteiger partial charge in [0.15, 0.2) is 0 Å². The van der Waals surface area contributed by atoms with Gasteiger partial charge in [-0.05, 0) is 48.6 Å². The molecule has 2 N–H and O–H groups in total. The summed E-state index contributed by atoms with van der Waals surface area (Å²) < 4.78 is 27.1. The van der Waals surface area contributed by atoms with Gasteiger partial charge in [-0.2, -0.15) is 4.31 Å². The second-order valence-corrected chi connectivity index (χ2v) is 9.51. The van der Waals surface area contributed by atoms with Gasteiger partial charge in [-0.3, -0.25) is 9.59 Å². The number of fused-ring (bicyclic) bond motifs is 1. The van der Waals surface area contributed by atoms with Crippen molar-refractivity contribution >= 4 is 44.1 Å². The second-order valence-electron chi connectivity index (χ2n) is 7.19. The van der Waals surface area contributed by atoms with Gasteiger partial charge >= 0.3 is 0 Å². The highest BCUT2D eigenvalue weighted by atomic mass is 35.5. The fraction of sp³-hybridized carbons (Fsp3) is 0.238. The predicted octanol–water partition coefficient (Wildman–Crippen LogP) is 3.15. The predicted molar refractivity (Wildman–Crippen MR) is 116 cm³/mol. The van der Waals surface area contributed by atoms with E-state index in [9.17, 15) is 18.0 Å². The number of halogens is 1. The van der Waals surface area contributed by atoms with E-state index in [1.165, 1.54) is 22.5 Å². The minimum atomic E-state index is -3.72. The van der Waals surface area contributed by atoms with Crippen LogP contribution >= 0.6 is 11.6 Å². The number of hydrogen-bond donors (Lipinski definition) is 2. The number of rotatable bonds is 5. The van der Waals surface area contributed by atoms with Crippen molar-refractivity contribution in [1.82, 2.24) is 9.29 Å². The molecule has 0 radical (unpaired) electrons. The summed E-state index contributed by atoms with van der Waals surface area (Å²) in [6, 6.07) is 13.3. The number of sulfonamides is 1. The fourth-order valence-corrected chi connectivity index (χ4v) is 5.57. The summed E-state index contributed by atoms with van der Waals surface area (Å²) >= 11 is 6.14. The van der Waals surface area contributed by atoms with E-state index in [0.29, 0.717) is 29.9 Å². The van der Waals surface area contributed by atoms with Crippen molar-refractivity contribution in [3.05, 3.63) is 69.5 Å². The first-order valence-electron chi connectivity index (χ1n) is 9.55. The van der Waals surface area contributed by atoms with E-state index < -0.39 is 15.9 Å². The van der Waals surface area contributed by atoms with Gasteiger partial charge < -0.3 is 10.3 Å². The number of anilines is 1. The molecule has 0 unspecified atom stereocenters. The third-order valence-electron chi connectivity index (χ3n) is 5.08. The molecule has 1 saturated heterocycles. The van der Waals surface area contributed by atoms with Crippen LogP contribution in [0, 0.1) is 0 Å². The number of hydrogen-bond acceptors (Lipinski definition) is 4. The molecule has 0 atom stereocenters. The van der Waals surface area contributed by atoms with Gasteiger partial charge in [0, 0.05) is 29.9 Å². The van der Waals surface area contributed by atoms with Gasteiger partial charge in [0.1, 0.15) is 4.90 Å². The number of carbonyl (C=O) groups is 1. The molecule has 156 valence electrons. The van der Waals surface area contributed by atoms with Crippen LogP contribution in [-0.4, -0.2) is 36.7 Å². The second kappa shape index (κ2) is 8.22. The lowest BCUT2D eigenvalue weighted by atomic mass is 10.1. The molecule has 0 spiro atoms. The van der Waals surface area contributed by atoms with Crippen molar-refractivity contribution in [3.63, 3.8) is 0 Å². The molecule has 30 heavy (non-hydrogen) atoms. The summed E-state index contributed by atoms with van der Waals surface area (Å²) in [5.41, 5.74) is 0.989. The number of pyridine rings is 1. The summed E-state index contributed by atoms with van der Waals surface area (Å²) in [5.74, 6) is -0.428. The Morgan fingerprint density at radius 2 is 1.83 bits per heavy atom. The first-order chi connectivity index (χ1) is 14.3. The summed E-state index contributed by atoms with van der Waals surface area (Å²) in [5, 5.41) is 3.59. The average molecular weight is 446 g/mol. The third-order valence-corrected chi connectivity index (χ3v) is 7.46. The van der Waals surface area contributed by atoms with Crippen LogP contribution in [0.3, 0.4) is 0 Å². The van der Waals surface area contributed by atoms with Gasteiger partial charge in [0.25, 0.3) is 5.56 Å². The zero-order valence-corrected chi connectivity index (χ0v) is 17.6. The van der Waals surface area contributed by atoms with Crippen LogP contribution in [-0.2, 0) is 21.2 Å². The van der Waals surface area contributed by atoms with Crippen molar-refractivity contribution in [1.29, 1.82) is 0 Å². The molecule has 1 amide bonds. The molecule has 9 heteroatoms. The van der Waals surface area contributed by atoms with E-state index in [2.05, 4.69) is 10.3 Å². The maximum Gasteiger partial charge on any atom is 0.252 e. The van der Waals surface area contributed by atoms with Crippen LogP contribution in [0.25, 0.3) is 10.9 Å². The number of aromatic amines is 1. The molecule has 7 nitrogen and oxygen atoms in total. The molecule has 3 aromatic rings. The largest absolute Gasteiger partial charge is 0.326 e. The van der Waals surface area contributed by atoms with E-state index in [1.807, 2.05) is 18.2 Å². The van der Waals surface area contributed by atoms with Crippen molar-refractivity contribution in [2.24, 2.45) is 0 Å². The molecule has 4 rings (SSSR count). The monoisotopic (exact) mass is 445 g/mol. The van der Waals surface area contributed by atoms with Crippen LogP contribution in [0.2, 0.25) is 5.02 Å². The molecule has 2 heterocycles. The molecule has 1 fully saturated rings. The molecule has 1 aliphatic rings. The zero-order chi connectivity index (χ0) is 21.3. The number of para-hydroxylation sites is 1. The Balaban J connectivity index is 1.55. The number of nitrogens with zero attached hydrogens (tertiary/aromatic N) is 1. The van der Waals surface area contributed by atoms with Crippen molar-refractivity contribution in [3.8, 4) is 0 Å². The Kier molecular flexibility index (Phi) is 5.64. The Hall–Kier alpha value is -2.68. The van der Waals surface area contributed by atoms with Crippen molar-refractivity contribution in [2.75, 3.05) is 18.4 Å². The highest BCUT2D eigenvalue weighted by Gasteiger charge is 2.29. The topological polar surface area (TPSA) is 99.3 Å². The van der Waals surface area contributed by atoms with Crippen molar-refractivity contribution < 1.29 is 13.2 Å². The smallest absolute Gasteiger partial charge is 0.252 e. The first kappa shape index (κ1) is 20.6. The van der Waals surface area contributed by atoms with Crippen LogP contribution in [0.4, 0.5) is 5.69 Å². The minimum Gasteiger partial charge on any atom is -0.326 e. The van der Waals surface area contributed by atoms with E-state index in [-0.39, 0.29) is 21.9 Å².